The zero-order valence-corrected chi connectivity index (χ0v) is 16.5. The Morgan fingerprint density at radius 3 is 2.61 bits per heavy atom. The highest BCUT2D eigenvalue weighted by molar-refractivity contribution is 14.0. The van der Waals surface area contributed by atoms with Crippen LogP contribution in [0.1, 0.15) is 31.7 Å². The van der Waals surface area contributed by atoms with E-state index in [4.69, 9.17) is 5.73 Å². The van der Waals surface area contributed by atoms with Crippen LogP contribution in [-0.4, -0.2) is 43.6 Å². The van der Waals surface area contributed by atoms with Crippen molar-refractivity contribution in [2.45, 2.75) is 32.6 Å². The summed E-state index contributed by atoms with van der Waals surface area (Å²) in [6.45, 7) is 7.54. The van der Waals surface area contributed by atoms with E-state index in [9.17, 15) is 0 Å². The summed E-state index contributed by atoms with van der Waals surface area (Å²) in [5, 5.41) is 3.20. The highest BCUT2D eigenvalue weighted by Crippen LogP contribution is 2.10. The van der Waals surface area contributed by atoms with Crippen molar-refractivity contribution in [2.75, 3.05) is 32.7 Å². The number of halogens is 1. The van der Waals surface area contributed by atoms with Crippen molar-refractivity contribution >= 4 is 29.9 Å². The molecule has 130 valence electrons. The van der Waals surface area contributed by atoms with Gasteiger partial charge in [-0.05, 0) is 43.8 Å². The molecule has 23 heavy (non-hydrogen) atoms. The lowest BCUT2D eigenvalue weighted by Gasteiger charge is -2.28. The first-order valence-electron chi connectivity index (χ1n) is 8.54. The van der Waals surface area contributed by atoms with E-state index in [0.29, 0.717) is 11.9 Å². The summed E-state index contributed by atoms with van der Waals surface area (Å²) in [7, 11) is 0. The Bertz CT molecular complexity index is 444. The number of likely N-dealkylation sites (tertiary alicyclic amines) is 1. The van der Waals surface area contributed by atoms with E-state index in [1.54, 1.807) is 0 Å². The predicted molar refractivity (Wildman–Crippen MR) is 110 cm³/mol. The number of piperidine rings is 1. The van der Waals surface area contributed by atoms with Gasteiger partial charge in [0, 0.05) is 19.6 Å². The second-order valence-electron chi connectivity index (χ2n) is 6.35. The van der Waals surface area contributed by atoms with Crippen LogP contribution in [0.5, 0.6) is 0 Å². The average Bonchev–Trinajstić information content (AvgIpc) is 2.55. The molecule has 4 nitrogen and oxygen atoms in total. The van der Waals surface area contributed by atoms with Crippen LogP contribution >= 0.6 is 24.0 Å². The van der Waals surface area contributed by atoms with Crippen molar-refractivity contribution in [3.63, 3.8) is 0 Å². The zero-order chi connectivity index (χ0) is 15.6. The number of guanidine groups is 1. The summed E-state index contributed by atoms with van der Waals surface area (Å²) in [5.74, 6) is 1.13. The second-order valence-corrected chi connectivity index (χ2v) is 6.35. The molecule has 0 aromatic heterocycles. The van der Waals surface area contributed by atoms with Crippen LogP contribution in [0.3, 0.4) is 0 Å². The van der Waals surface area contributed by atoms with Crippen LogP contribution in [0.4, 0.5) is 0 Å². The number of hydrogen-bond acceptors (Lipinski definition) is 2. The van der Waals surface area contributed by atoms with Crippen LogP contribution in [0.25, 0.3) is 0 Å². The molecule has 1 aliphatic heterocycles. The Morgan fingerprint density at radius 1 is 1.22 bits per heavy atom. The minimum atomic E-state index is 0. The Balaban J connectivity index is 0.00000264. The van der Waals surface area contributed by atoms with E-state index in [1.165, 1.54) is 37.9 Å². The van der Waals surface area contributed by atoms with Crippen molar-refractivity contribution in [3.8, 4) is 0 Å². The van der Waals surface area contributed by atoms with Gasteiger partial charge in [0.2, 0.25) is 0 Å². The summed E-state index contributed by atoms with van der Waals surface area (Å²) >= 11 is 0. The summed E-state index contributed by atoms with van der Waals surface area (Å²) in [5.41, 5.74) is 7.27. The first-order valence-corrected chi connectivity index (χ1v) is 8.54. The monoisotopic (exact) mass is 430 g/mol. The lowest BCUT2D eigenvalue weighted by Crippen LogP contribution is -2.36. The Morgan fingerprint density at radius 2 is 1.91 bits per heavy atom. The van der Waals surface area contributed by atoms with E-state index in [1.807, 2.05) is 6.07 Å². The lowest BCUT2D eigenvalue weighted by atomic mass is 10.1. The number of nitrogens with two attached hydrogens (primary N) is 1. The third kappa shape index (κ3) is 8.55. The topological polar surface area (TPSA) is 53.6 Å². The number of aliphatic imine (C=N–C) groups is 1. The summed E-state index contributed by atoms with van der Waals surface area (Å²) in [4.78, 5) is 7.04. The number of nitrogens with one attached hydrogen (secondary N) is 1. The average molecular weight is 430 g/mol. The van der Waals surface area contributed by atoms with Gasteiger partial charge in [0.05, 0.1) is 0 Å². The van der Waals surface area contributed by atoms with E-state index in [0.717, 1.165) is 26.1 Å². The van der Waals surface area contributed by atoms with Gasteiger partial charge < -0.3 is 16.0 Å². The molecular formula is C18H31IN4. The van der Waals surface area contributed by atoms with E-state index in [2.05, 4.69) is 46.4 Å². The fourth-order valence-electron chi connectivity index (χ4n) is 2.93. The first kappa shape index (κ1) is 20.2. The molecule has 1 fully saturated rings. The van der Waals surface area contributed by atoms with Crippen LogP contribution in [-0.2, 0) is 6.42 Å². The molecule has 1 saturated heterocycles. The summed E-state index contributed by atoms with van der Waals surface area (Å²) in [6.07, 6.45) is 5.06. The van der Waals surface area contributed by atoms with Gasteiger partial charge in [0.15, 0.2) is 5.96 Å². The van der Waals surface area contributed by atoms with Crippen molar-refractivity contribution in [2.24, 2.45) is 16.6 Å². The molecule has 3 N–H and O–H groups in total. The minimum absolute atomic E-state index is 0. The van der Waals surface area contributed by atoms with Crippen LogP contribution in [0.15, 0.2) is 35.3 Å². The Kier molecular flexibility index (Phi) is 10.3. The summed E-state index contributed by atoms with van der Waals surface area (Å²) in [6, 6.07) is 10.4. The molecule has 2 rings (SSSR count). The molecule has 1 aliphatic rings. The molecular weight excluding hydrogens is 399 g/mol. The number of benzene rings is 1. The van der Waals surface area contributed by atoms with Crippen LogP contribution in [0.2, 0.25) is 0 Å². The fraction of sp³-hybridized carbons (Fsp3) is 0.611. The van der Waals surface area contributed by atoms with Gasteiger partial charge in [0.1, 0.15) is 0 Å². The SMILES string of the molecule is CC(CN=C(N)NCCc1ccccc1)CN1CCCCC1.I. The van der Waals surface area contributed by atoms with E-state index in [-0.39, 0.29) is 24.0 Å². The van der Waals surface area contributed by atoms with Gasteiger partial charge in [0.25, 0.3) is 0 Å². The molecule has 0 spiro atoms. The number of hydrogen-bond donors (Lipinski definition) is 2. The van der Waals surface area contributed by atoms with E-state index < -0.39 is 0 Å². The second kappa shape index (κ2) is 11.7. The largest absolute Gasteiger partial charge is 0.370 e. The van der Waals surface area contributed by atoms with Gasteiger partial charge in [-0.1, -0.05) is 43.7 Å². The van der Waals surface area contributed by atoms with Crippen molar-refractivity contribution in [1.29, 1.82) is 0 Å². The molecule has 1 atom stereocenters. The maximum atomic E-state index is 5.94. The minimum Gasteiger partial charge on any atom is -0.370 e. The van der Waals surface area contributed by atoms with Crippen LogP contribution < -0.4 is 11.1 Å². The molecule has 0 amide bonds. The predicted octanol–water partition coefficient (Wildman–Crippen LogP) is 2.87. The standard InChI is InChI=1S/C18H30N4.HI/c1-16(15-22-12-6-3-7-13-22)14-21-18(19)20-11-10-17-8-4-2-5-9-17;/h2,4-5,8-9,16H,3,6-7,10-15H2,1H3,(H3,19,20,21);1H. The Hall–Kier alpha value is -0.820. The third-order valence-electron chi connectivity index (χ3n) is 4.15. The van der Waals surface area contributed by atoms with Gasteiger partial charge in [-0.15, -0.1) is 24.0 Å². The van der Waals surface area contributed by atoms with Crippen molar-refractivity contribution < 1.29 is 0 Å². The van der Waals surface area contributed by atoms with Gasteiger partial charge in [-0.3, -0.25) is 4.99 Å². The molecule has 0 aliphatic carbocycles. The molecule has 5 heteroatoms. The molecule has 1 aromatic carbocycles. The molecule has 0 radical (unpaired) electrons. The van der Waals surface area contributed by atoms with Crippen LogP contribution in [0, 0.1) is 5.92 Å². The fourth-order valence-corrected chi connectivity index (χ4v) is 2.93. The maximum absolute atomic E-state index is 5.94. The Labute approximate surface area is 157 Å². The zero-order valence-electron chi connectivity index (χ0n) is 14.2. The van der Waals surface area contributed by atoms with Gasteiger partial charge in [-0.25, -0.2) is 0 Å². The van der Waals surface area contributed by atoms with Crippen molar-refractivity contribution in [1.82, 2.24) is 10.2 Å². The lowest BCUT2D eigenvalue weighted by molar-refractivity contribution is 0.203. The first-order chi connectivity index (χ1) is 10.7. The maximum Gasteiger partial charge on any atom is 0.188 e. The highest BCUT2D eigenvalue weighted by atomic mass is 127. The van der Waals surface area contributed by atoms with Crippen molar-refractivity contribution in [3.05, 3.63) is 35.9 Å². The summed E-state index contributed by atoms with van der Waals surface area (Å²) < 4.78 is 0. The molecule has 0 bridgehead atoms. The van der Waals surface area contributed by atoms with Gasteiger partial charge in [-0.2, -0.15) is 0 Å². The smallest absolute Gasteiger partial charge is 0.188 e. The quantitative estimate of drug-likeness (QED) is 0.398. The van der Waals surface area contributed by atoms with Gasteiger partial charge >= 0.3 is 0 Å². The number of rotatable bonds is 7. The molecule has 1 unspecified atom stereocenters. The molecule has 1 aromatic rings. The normalized spacial score (nSPS) is 17.3. The molecule has 1 heterocycles. The van der Waals surface area contributed by atoms with E-state index >= 15 is 0 Å². The third-order valence-corrected chi connectivity index (χ3v) is 4.15. The number of nitrogens with zero attached hydrogens (tertiary/aromatic N) is 2. The highest BCUT2D eigenvalue weighted by Gasteiger charge is 2.13. The molecule has 0 saturated carbocycles.